The third kappa shape index (κ3) is 2.36. The van der Waals surface area contributed by atoms with E-state index in [1.165, 1.54) is 29.3 Å². The monoisotopic (exact) mass is 309 g/mol. The molecule has 2 fully saturated rings. The van der Waals surface area contributed by atoms with E-state index < -0.39 is 0 Å². The normalized spacial score (nSPS) is 32.6. The lowest BCUT2D eigenvalue weighted by molar-refractivity contribution is -0.0369. The van der Waals surface area contributed by atoms with Crippen LogP contribution in [0.2, 0.25) is 0 Å². The van der Waals surface area contributed by atoms with Crippen LogP contribution in [0.5, 0.6) is 0 Å². The Hall–Kier alpha value is -0.380. The third-order valence-corrected chi connectivity index (χ3v) is 4.98. The summed E-state index contributed by atoms with van der Waals surface area (Å²) >= 11 is 3.59. The Labute approximate surface area is 117 Å². The molecule has 2 heterocycles. The fraction of sp³-hybridized carbons (Fsp3) is 0.600. The van der Waals surface area contributed by atoms with E-state index >= 15 is 0 Å². The van der Waals surface area contributed by atoms with Crippen LogP contribution < -0.4 is 5.32 Å². The fourth-order valence-corrected chi connectivity index (χ4v) is 3.93. The van der Waals surface area contributed by atoms with Crippen LogP contribution in [0.3, 0.4) is 0 Å². The highest BCUT2D eigenvalue weighted by Crippen LogP contribution is 2.46. The molecule has 1 aromatic rings. The Morgan fingerprint density at radius 3 is 3.06 bits per heavy atom. The van der Waals surface area contributed by atoms with E-state index in [2.05, 4.69) is 45.5 Å². The smallest absolute Gasteiger partial charge is 0.0529 e. The van der Waals surface area contributed by atoms with Crippen LogP contribution in [0.15, 0.2) is 28.7 Å². The van der Waals surface area contributed by atoms with Crippen LogP contribution in [0.25, 0.3) is 0 Å². The molecular weight excluding hydrogens is 290 g/mol. The van der Waals surface area contributed by atoms with Crippen molar-refractivity contribution in [1.29, 1.82) is 0 Å². The van der Waals surface area contributed by atoms with Gasteiger partial charge in [-0.2, -0.15) is 0 Å². The number of rotatable bonds is 1. The molecule has 0 saturated carbocycles. The van der Waals surface area contributed by atoms with Crippen molar-refractivity contribution < 1.29 is 4.74 Å². The summed E-state index contributed by atoms with van der Waals surface area (Å²) in [7, 11) is 0. The molecule has 2 saturated heterocycles. The molecule has 1 spiro atoms. The number of ether oxygens (including phenoxy) is 1. The first-order chi connectivity index (χ1) is 8.80. The summed E-state index contributed by atoms with van der Waals surface area (Å²) in [5, 5.41) is 3.55. The SMILES string of the molecule is Brc1cccc(C2CNCCC23CCCOC3)c1. The molecule has 2 aliphatic rings. The van der Waals surface area contributed by atoms with Crippen molar-refractivity contribution in [3.63, 3.8) is 0 Å². The summed E-state index contributed by atoms with van der Waals surface area (Å²) in [5.41, 5.74) is 1.81. The molecule has 3 rings (SSSR count). The molecule has 0 radical (unpaired) electrons. The van der Waals surface area contributed by atoms with Gasteiger partial charge in [0.2, 0.25) is 0 Å². The van der Waals surface area contributed by atoms with Crippen molar-refractivity contribution in [1.82, 2.24) is 5.32 Å². The van der Waals surface area contributed by atoms with Gasteiger partial charge < -0.3 is 10.1 Å². The molecule has 2 atom stereocenters. The first-order valence-corrected chi connectivity index (χ1v) is 7.63. The van der Waals surface area contributed by atoms with Crippen molar-refractivity contribution in [2.45, 2.75) is 25.2 Å². The van der Waals surface area contributed by atoms with Crippen LogP contribution >= 0.6 is 15.9 Å². The maximum atomic E-state index is 5.81. The molecule has 2 aliphatic heterocycles. The highest BCUT2D eigenvalue weighted by Gasteiger charge is 2.42. The summed E-state index contributed by atoms with van der Waals surface area (Å²) < 4.78 is 6.98. The Morgan fingerprint density at radius 2 is 2.28 bits per heavy atom. The Morgan fingerprint density at radius 1 is 1.33 bits per heavy atom. The molecule has 0 aliphatic carbocycles. The van der Waals surface area contributed by atoms with E-state index in [1.807, 2.05) is 0 Å². The highest BCUT2D eigenvalue weighted by atomic mass is 79.9. The number of benzene rings is 1. The van der Waals surface area contributed by atoms with Crippen LogP contribution in [0.4, 0.5) is 0 Å². The Balaban J connectivity index is 1.91. The van der Waals surface area contributed by atoms with Gasteiger partial charge in [0.25, 0.3) is 0 Å². The molecular formula is C15H20BrNO. The number of halogens is 1. The second kappa shape index (κ2) is 5.32. The van der Waals surface area contributed by atoms with Crippen LogP contribution in [-0.4, -0.2) is 26.3 Å². The number of hydrogen-bond donors (Lipinski definition) is 1. The molecule has 2 nitrogen and oxygen atoms in total. The highest BCUT2D eigenvalue weighted by molar-refractivity contribution is 9.10. The predicted octanol–water partition coefficient (Wildman–Crippen LogP) is 3.32. The minimum Gasteiger partial charge on any atom is -0.381 e. The van der Waals surface area contributed by atoms with Gasteiger partial charge in [0.05, 0.1) is 6.61 Å². The standard InChI is InChI=1S/C15H20BrNO/c16-13-4-1-3-12(9-13)14-10-17-7-6-15(14)5-2-8-18-11-15/h1,3-4,9,14,17H,2,5-8,10-11H2. The van der Waals surface area contributed by atoms with Gasteiger partial charge in [0.15, 0.2) is 0 Å². The Kier molecular flexibility index (Phi) is 3.73. The van der Waals surface area contributed by atoms with E-state index in [0.29, 0.717) is 11.3 Å². The zero-order valence-corrected chi connectivity index (χ0v) is 12.2. The third-order valence-electron chi connectivity index (χ3n) is 4.49. The average molecular weight is 310 g/mol. The predicted molar refractivity (Wildman–Crippen MR) is 76.9 cm³/mol. The van der Waals surface area contributed by atoms with Crippen molar-refractivity contribution in [2.24, 2.45) is 5.41 Å². The largest absolute Gasteiger partial charge is 0.381 e. The molecule has 98 valence electrons. The van der Waals surface area contributed by atoms with Gasteiger partial charge in [-0.25, -0.2) is 0 Å². The van der Waals surface area contributed by atoms with Gasteiger partial charge in [-0.05, 0) is 43.5 Å². The molecule has 1 aromatic carbocycles. The van der Waals surface area contributed by atoms with E-state index in [1.54, 1.807) is 0 Å². The fourth-order valence-electron chi connectivity index (χ4n) is 3.52. The number of piperidine rings is 1. The number of hydrogen-bond acceptors (Lipinski definition) is 2. The molecule has 0 aromatic heterocycles. The van der Waals surface area contributed by atoms with E-state index in [0.717, 1.165) is 26.3 Å². The summed E-state index contributed by atoms with van der Waals surface area (Å²) in [6.07, 6.45) is 3.76. The van der Waals surface area contributed by atoms with Crippen molar-refractivity contribution in [3.8, 4) is 0 Å². The second-order valence-corrected chi connectivity index (χ2v) is 6.50. The summed E-state index contributed by atoms with van der Waals surface area (Å²) in [4.78, 5) is 0. The lowest BCUT2D eigenvalue weighted by atomic mass is 9.65. The van der Waals surface area contributed by atoms with E-state index in [9.17, 15) is 0 Å². The molecule has 1 N–H and O–H groups in total. The van der Waals surface area contributed by atoms with E-state index in [-0.39, 0.29) is 0 Å². The molecule has 0 amide bonds. The first kappa shape index (κ1) is 12.6. The van der Waals surface area contributed by atoms with Crippen molar-refractivity contribution >= 4 is 15.9 Å². The summed E-state index contributed by atoms with van der Waals surface area (Å²) in [6, 6.07) is 8.78. The molecule has 0 bridgehead atoms. The van der Waals surface area contributed by atoms with Crippen LogP contribution in [0, 0.1) is 5.41 Å². The molecule has 3 heteroatoms. The maximum Gasteiger partial charge on any atom is 0.0529 e. The van der Waals surface area contributed by atoms with Gasteiger partial charge in [0.1, 0.15) is 0 Å². The second-order valence-electron chi connectivity index (χ2n) is 5.58. The van der Waals surface area contributed by atoms with Gasteiger partial charge in [-0.1, -0.05) is 28.1 Å². The van der Waals surface area contributed by atoms with Gasteiger partial charge in [0, 0.05) is 29.0 Å². The zero-order chi connectivity index (χ0) is 12.4. The maximum absolute atomic E-state index is 5.81. The van der Waals surface area contributed by atoms with Gasteiger partial charge >= 0.3 is 0 Å². The molecule has 18 heavy (non-hydrogen) atoms. The quantitative estimate of drug-likeness (QED) is 0.859. The van der Waals surface area contributed by atoms with Gasteiger partial charge in [-0.15, -0.1) is 0 Å². The summed E-state index contributed by atoms with van der Waals surface area (Å²) in [5.74, 6) is 0.587. The average Bonchev–Trinajstić information content (AvgIpc) is 2.40. The van der Waals surface area contributed by atoms with Crippen LogP contribution in [0.1, 0.15) is 30.7 Å². The Bertz CT molecular complexity index is 406. The topological polar surface area (TPSA) is 21.3 Å². The molecule has 2 unspecified atom stereocenters. The van der Waals surface area contributed by atoms with Crippen LogP contribution in [-0.2, 0) is 4.74 Å². The minimum absolute atomic E-state index is 0.365. The van der Waals surface area contributed by atoms with Crippen molar-refractivity contribution in [2.75, 3.05) is 26.3 Å². The lowest BCUT2D eigenvalue weighted by Gasteiger charge is -2.47. The van der Waals surface area contributed by atoms with Crippen molar-refractivity contribution in [3.05, 3.63) is 34.3 Å². The van der Waals surface area contributed by atoms with E-state index in [4.69, 9.17) is 4.74 Å². The van der Waals surface area contributed by atoms with Gasteiger partial charge in [-0.3, -0.25) is 0 Å². The lowest BCUT2D eigenvalue weighted by Crippen LogP contribution is -2.48. The first-order valence-electron chi connectivity index (χ1n) is 6.84. The summed E-state index contributed by atoms with van der Waals surface area (Å²) in [6.45, 7) is 4.10. The number of nitrogens with one attached hydrogen (secondary N) is 1. The minimum atomic E-state index is 0.365. The zero-order valence-electron chi connectivity index (χ0n) is 10.6.